The number of aromatic nitrogens is 4. The average molecular weight is 488 g/mol. The van der Waals surface area contributed by atoms with Crippen LogP contribution in [0.5, 0.6) is 5.75 Å². The third kappa shape index (κ3) is 5.33. The second kappa shape index (κ2) is 10.7. The van der Waals surface area contributed by atoms with E-state index in [1.54, 1.807) is 48.3 Å². The highest BCUT2D eigenvalue weighted by Gasteiger charge is 2.16. The number of allylic oxidation sites excluding steroid dienone is 1. The second-order valence-electron chi connectivity index (χ2n) is 7.69. The van der Waals surface area contributed by atoms with Gasteiger partial charge >= 0.3 is 0 Å². The van der Waals surface area contributed by atoms with Gasteiger partial charge in [0.05, 0.1) is 23.8 Å². The fraction of sp³-hybridized carbons (Fsp3) is 0.115. The first kappa shape index (κ1) is 24.4. The number of rotatable bonds is 8. The summed E-state index contributed by atoms with van der Waals surface area (Å²) in [5.74, 6) is -1.33. The normalized spacial score (nSPS) is 11.3. The summed E-state index contributed by atoms with van der Waals surface area (Å²) in [5, 5.41) is 10.5. The van der Waals surface area contributed by atoms with Crippen molar-refractivity contribution in [3.05, 3.63) is 101 Å². The van der Waals surface area contributed by atoms with Crippen molar-refractivity contribution in [2.45, 2.75) is 20.4 Å². The first-order valence-corrected chi connectivity index (χ1v) is 10.9. The van der Waals surface area contributed by atoms with E-state index in [-0.39, 0.29) is 12.1 Å². The minimum Gasteiger partial charge on any atom is -0.457 e. The van der Waals surface area contributed by atoms with Gasteiger partial charge in [-0.15, -0.1) is 5.10 Å². The largest absolute Gasteiger partial charge is 0.457 e. The number of halogens is 2. The molecule has 8 nitrogen and oxygen atoms in total. The van der Waals surface area contributed by atoms with E-state index in [1.807, 2.05) is 25.1 Å². The Morgan fingerprint density at radius 3 is 2.61 bits per heavy atom. The summed E-state index contributed by atoms with van der Waals surface area (Å²) in [6, 6.07) is 12.7. The number of carbonyl (C=O) groups is 1. The Labute approximate surface area is 206 Å². The van der Waals surface area contributed by atoms with Gasteiger partial charge in [-0.1, -0.05) is 11.3 Å². The van der Waals surface area contributed by atoms with Gasteiger partial charge in [0.15, 0.2) is 0 Å². The van der Waals surface area contributed by atoms with Crippen LogP contribution in [0.3, 0.4) is 0 Å². The predicted octanol–water partition coefficient (Wildman–Crippen LogP) is 4.95. The molecule has 0 fully saturated rings. The third-order valence-electron chi connectivity index (χ3n) is 5.39. The topological polar surface area (TPSA) is 94.3 Å². The number of aliphatic imine (C=N–C) groups is 1. The number of pyridine rings is 1. The molecule has 0 aliphatic rings. The van der Waals surface area contributed by atoms with E-state index >= 15 is 0 Å². The van der Waals surface area contributed by atoms with Gasteiger partial charge in [0.25, 0.3) is 5.91 Å². The van der Waals surface area contributed by atoms with Gasteiger partial charge in [0.1, 0.15) is 11.5 Å². The number of hydrogen-bond acceptors (Lipinski definition) is 6. The van der Waals surface area contributed by atoms with Crippen LogP contribution >= 0.6 is 0 Å². The van der Waals surface area contributed by atoms with Crippen molar-refractivity contribution in [1.82, 2.24) is 25.3 Å². The maximum Gasteiger partial charge on any atom is 0.251 e. The van der Waals surface area contributed by atoms with Crippen molar-refractivity contribution in [2.24, 2.45) is 4.99 Å². The van der Waals surface area contributed by atoms with Crippen molar-refractivity contribution in [2.75, 3.05) is 0 Å². The van der Waals surface area contributed by atoms with E-state index in [9.17, 15) is 13.6 Å². The molecule has 0 saturated carbocycles. The molecule has 36 heavy (non-hydrogen) atoms. The fourth-order valence-electron chi connectivity index (χ4n) is 3.60. The standard InChI is InChI=1S/C26H22F2N6O2/c1-4-22(20-9-8-18(14-21(20)29-3)34-11-10-31-33-34)36-23-7-5-6-19(16(23)2)26(35)30-15-17-12-24(27)32-25(28)13-17/h4-14H,3,15H2,1-2H3,(H,30,35)/b22-4+. The lowest BCUT2D eigenvalue weighted by molar-refractivity contribution is 0.0949. The van der Waals surface area contributed by atoms with Crippen molar-refractivity contribution in [3.63, 3.8) is 0 Å². The van der Waals surface area contributed by atoms with Gasteiger partial charge in [0.2, 0.25) is 11.9 Å². The second-order valence-corrected chi connectivity index (χ2v) is 7.69. The number of nitrogens with one attached hydrogen (secondary N) is 1. The van der Waals surface area contributed by atoms with Gasteiger partial charge in [-0.05, 0) is 74.7 Å². The highest BCUT2D eigenvalue weighted by atomic mass is 19.1. The van der Waals surface area contributed by atoms with Crippen LogP contribution in [0.1, 0.15) is 34.0 Å². The van der Waals surface area contributed by atoms with Crippen LogP contribution in [-0.4, -0.2) is 32.6 Å². The highest BCUT2D eigenvalue weighted by Crippen LogP contribution is 2.32. The van der Waals surface area contributed by atoms with Gasteiger partial charge in [-0.25, -0.2) is 4.68 Å². The van der Waals surface area contributed by atoms with E-state index in [2.05, 4.69) is 32.3 Å². The molecule has 1 amide bonds. The smallest absolute Gasteiger partial charge is 0.251 e. The molecule has 0 aliphatic heterocycles. The molecule has 182 valence electrons. The Hall–Kier alpha value is -4.73. The minimum atomic E-state index is -0.951. The molecule has 10 heteroatoms. The van der Waals surface area contributed by atoms with E-state index in [0.29, 0.717) is 33.9 Å². The Bertz CT molecular complexity index is 1430. The van der Waals surface area contributed by atoms with Gasteiger partial charge in [-0.3, -0.25) is 9.79 Å². The zero-order valence-electron chi connectivity index (χ0n) is 19.6. The molecular formula is C26H22F2N6O2. The quantitative estimate of drug-likeness (QED) is 0.215. The van der Waals surface area contributed by atoms with Crippen LogP contribution in [0, 0.1) is 18.8 Å². The highest BCUT2D eigenvalue weighted by molar-refractivity contribution is 5.96. The van der Waals surface area contributed by atoms with Gasteiger partial charge < -0.3 is 10.1 Å². The maximum absolute atomic E-state index is 13.3. The SMILES string of the molecule is C=Nc1cc(-n2ccnn2)ccc1/C(=C\C)Oc1cccc(C(=O)NCc2cc(F)nc(F)c2)c1C. The summed E-state index contributed by atoms with van der Waals surface area (Å²) < 4.78 is 34.5. The number of benzene rings is 2. The van der Waals surface area contributed by atoms with Crippen LogP contribution in [0.2, 0.25) is 0 Å². The summed E-state index contributed by atoms with van der Waals surface area (Å²) in [7, 11) is 0. The molecule has 0 radical (unpaired) electrons. The average Bonchev–Trinajstić information content (AvgIpc) is 3.41. The summed E-state index contributed by atoms with van der Waals surface area (Å²) in [5.41, 5.74) is 3.26. The van der Waals surface area contributed by atoms with Crippen molar-refractivity contribution in [3.8, 4) is 11.4 Å². The summed E-state index contributed by atoms with van der Waals surface area (Å²) in [6.07, 6.45) is 5.09. The molecule has 0 spiro atoms. The Morgan fingerprint density at radius 1 is 1.17 bits per heavy atom. The van der Waals surface area contributed by atoms with E-state index in [1.165, 1.54) is 0 Å². The molecule has 4 aromatic rings. The Balaban J connectivity index is 1.55. The predicted molar refractivity (Wildman–Crippen MR) is 131 cm³/mol. The lowest BCUT2D eigenvalue weighted by Crippen LogP contribution is -2.24. The number of ether oxygens (including phenoxy) is 1. The molecule has 0 aliphatic carbocycles. The van der Waals surface area contributed by atoms with E-state index in [0.717, 1.165) is 17.8 Å². The molecule has 0 unspecified atom stereocenters. The summed E-state index contributed by atoms with van der Waals surface area (Å²) in [6.45, 7) is 7.18. The number of amides is 1. The zero-order chi connectivity index (χ0) is 25.7. The molecule has 2 aromatic heterocycles. The Morgan fingerprint density at radius 2 is 1.94 bits per heavy atom. The van der Waals surface area contributed by atoms with Crippen LogP contribution in [0.4, 0.5) is 14.5 Å². The van der Waals surface area contributed by atoms with E-state index in [4.69, 9.17) is 4.74 Å². The molecule has 2 aromatic carbocycles. The lowest BCUT2D eigenvalue weighted by Gasteiger charge is -2.16. The van der Waals surface area contributed by atoms with Gasteiger partial charge in [0, 0.05) is 23.2 Å². The molecule has 0 atom stereocenters. The molecule has 0 bridgehead atoms. The number of carbonyl (C=O) groups excluding carboxylic acids is 1. The lowest BCUT2D eigenvalue weighted by atomic mass is 10.1. The monoisotopic (exact) mass is 488 g/mol. The minimum absolute atomic E-state index is 0.0632. The van der Waals surface area contributed by atoms with Crippen molar-refractivity contribution < 1.29 is 18.3 Å². The molecule has 1 N–H and O–H groups in total. The van der Waals surface area contributed by atoms with Crippen LogP contribution in [-0.2, 0) is 6.54 Å². The van der Waals surface area contributed by atoms with Crippen molar-refractivity contribution in [1.29, 1.82) is 0 Å². The summed E-state index contributed by atoms with van der Waals surface area (Å²) in [4.78, 5) is 20.0. The zero-order valence-corrected chi connectivity index (χ0v) is 19.6. The fourth-order valence-corrected chi connectivity index (χ4v) is 3.60. The first-order valence-electron chi connectivity index (χ1n) is 10.9. The number of nitrogens with zero attached hydrogens (tertiary/aromatic N) is 5. The molecule has 4 rings (SSSR count). The van der Waals surface area contributed by atoms with E-state index < -0.39 is 17.8 Å². The molecular weight excluding hydrogens is 466 g/mol. The maximum atomic E-state index is 13.3. The summed E-state index contributed by atoms with van der Waals surface area (Å²) >= 11 is 0. The third-order valence-corrected chi connectivity index (χ3v) is 5.39. The van der Waals surface area contributed by atoms with Crippen LogP contribution in [0.15, 0.2) is 72.0 Å². The van der Waals surface area contributed by atoms with Crippen LogP contribution in [0.25, 0.3) is 11.4 Å². The number of hydrogen-bond donors (Lipinski definition) is 1. The molecule has 0 saturated heterocycles. The van der Waals surface area contributed by atoms with Crippen LogP contribution < -0.4 is 10.1 Å². The van der Waals surface area contributed by atoms with Gasteiger partial charge in [-0.2, -0.15) is 13.8 Å². The van der Waals surface area contributed by atoms with Crippen molar-refractivity contribution >= 4 is 24.1 Å². The molecule has 2 heterocycles. The Kier molecular flexibility index (Phi) is 7.24. The first-order chi connectivity index (χ1) is 17.4.